The smallest absolute Gasteiger partial charge is 0.338 e. The molecule has 0 radical (unpaired) electrons. The summed E-state index contributed by atoms with van der Waals surface area (Å²) in [6.45, 7) is 7.88. The average Bonchev–Trinajstić information content (AvgIpc) is 3.17. The topological polar surface area (TPSA) is 92.5 Å². The maximum Gasteiger partial charge on any atom is 0.338 e. The number of esters is 1. The summed E-state index contributed by atoms with van der Waals surface area (Å²) in [5.41, 5.74) is 0.746. The van der Waals surface area contributed by atoms with Crippen LogP contribution < -0.4 is 5.23 Å². The molecule has 1 aromatic rings. The fourth-order valence-electron chi connectivity index (χ4n) is 8.38. The Hall–Kier alpha value is -1.77. The molecule has 3 aliphatic carbocycles. The van der Waals surface area contributed by atoms with Crippen LogP contribution in [-0.4, -0.2) is 35.8 Å². The highest BCUT2D eigenvalue weighted by molar-refractivity contribution is 5.89. The van der Waals surface area contributed by atoms with Crippen molar-refractivity contribution in [3.05, 3.63) is 47.2 Å². The molecule has 2 N–H and O–H groups in total. The Morgan fingerprint density at radius 1 is 1.11 bits per heavy atom. The monoisotopic (exact) mass is 511 g/mol. The Kier molecular flexibility index (Phi) is 6.52. The number of carbonyl (C=O) groups excluding carboxylic acids is 1. The molecule has 2 saturated carbocycles. The molecule has 1 aromatic carbocycles. The lowest BCUT2D eigenvalue weighted by Crippen LogP contribution is -2.99. The summed E-state index contributed by atoms with van der Waals surface area (Å²) >= 11 is 0. The molecule has 7 nitrogen and oxygen atoms in total. The molecule has 11 unspecified atom stereocenters. The van der Waals surface area contributed by atoms with Crippen molar-refractivity contribution >= 4 is 11.7 Å². The van der Waals surface area contributed by atoms with Crippen molar-refractivity contribution in [2.24, 2.45) is 40.9 Å². The SMILES string of the molecule is CC1CCC2(OC1)OC1C3C=CC4CC(OC(=O)c5ccc([NH+]([O-])O)cc5)CCC4(C)C3CCC1C2C. The highest BCUT2D eigenvalue weighted by Crippen LogP contribution is 2.62. The van der Waals surface area contributed by atoms with Gasteiger partial charge >= 0.3 is 5.97 Å². The summed E-state index contributed by atoms with van der Waals surface area (Å²) in [4.78, 5) is 12.8. The van der Waals surface area contributed by atoms with Gasteiger partial charge in [-0.15, -0.1) is 0 Å². The van der Waals surface area contributed by atoms with Crippen molar-refractivity contribution < 1.29 is 29.4 Å². The first-order valence-electron chi connectivity index (χ1n) is 14.2. The third kappa shape index (κ3) is 4.27. The molecule has 202 valence electrons. The minimum Gasteiger partial charge on any atom is -0.595 e. The minimum absolute atomic E-state index is 0.120. The maximum atomic E-state index is 12.8. The molecular formula is C30H41NO6. The van der Waals surface area contributed by atoms with E-state index in [9.17, 15) is 10.0 Å². The molecule has 2 heterocycles. The second-order valence-electron chi connectivity index (χ2n) is 12.7. The molecule has 7 heteroatoms. The van der Waals surface area contributed by atoms with E-state index < -0.39 is 11.0 Å². The second kappa shape index (κ2) is 9.45. The lowest BCUT2D eigenvalue weighted by Gasteiger charge is -2.55. The van der Waals surface area contributed by atoms with Gasteiger partial charge in [0.2, 0.25) is 0 Å². The number of quaternary nitrogens is 1. The van der Waals surface area contributed by atoms with Gasteiger partial charge in [0.05, 0.1) is 18.3 Å². The highest BCUT2D eigenvalue weighted by atomic mass is 16.8. The molecule has 0 bridgehead atoms. The first-order chi connectivity index (χ1) is 17.7. The van der Waals surface area contributed by atoms with Gasteiger partial charge in [0.25, 0.3) is 0 Å². The van der Waals surface area contributed by atoms with E-state index in [1.807, 2.05) is 0 Å². The summed E-state index contributed by atoms with van der Waals surface area (Å²) in [5, 5.41) is 19.2. The summed E-state index contributed by atoms with van der Waals surface area (Å²) in [7, 11) is 0. The maximum absolute atomic E-state index is 12.8. The van der Waals surface area contributed by atoms with Crippen molar-refractivity contribution in [2.75, 3.05) is 6.61 Å². The predicted molar refractivity (Wildman–Crippen MR) is 137 cm³/mol. The van der Waals surface area contributed by atoms with Gasteiger partial charge < -0.3 is 19.4 Å². The lowest BCUT2D eigenvalue weighted by atomic mass is 9.50. The number of hydrogen-bond acceptors (Lipinski definition) is 6. The fourth-order valence-corrected chi connectivity index (χ4v) is 8.38. The molecule has 4 fully saturated rings. The van der Waals surface area contributed by atoms with Crippen LogP contribution in [0.5, 0.6) is 0 Å². The number of rotatable bonds is 3. The van der Waals surface area contributed by atoms with Gasteiger partial charge in [-0.3, -0.25) is 0 Å². The van der Waals surface area contributed by atoms with Crippen LogP contribution in [-0.2, 0) is 14.2 Å². The number of hydrogen-bond donors (Lipinski definition) is 2. The van der Waals surface area contributed by atoms with Crippen LogP contribution in [0.25, 0.3) is 0 Å². The molecule has 1 spiro atoms. The van der Waals surface area contributed by atoms with E-state index in [1.54, 1.807) is 0 Å². The summed E-state index contributed by atoms with van der Waals surface area (Å²) in [5.74, 6) is 2.23. The first kappa shape index (κ1) is 25.5. The van der Waals surface area contributed by atoms with Gasteiger partial charge in [-0.25, -0.2) is 10.0 Å². The molecule has 2 aliphatic heterocycles. The van der Waals surface area contributed by atoms with Crippen LogP contribution in [0.3, 0.4) is 0 Å². The zero-order valence-electron chi connectivity index (χ0n) is 22.2. The van der Waals surface area contributed by atoms with Gasteiger partial charge in [-0.2, -0.15) is 5.23 Å². The largest absolute Gasteiger partial charge is 0.595 e. The Bertz CT molecular complexity index is 1030. The third-order valence-corrected chi connectivity index (χ3v) is 10.8. The van der Waals surface area contributed by atoms with E-state index in [0.717, 1.165) is 32.3 Å². The number of ether oxygens (including phenoxy) is 3. The Morgan fingerprint density at radius 3 is 2.59 bits per heavy atom. The molecule has 11 atom stereocenters. The molecule has 6 rings (SSSR count). The predicted octanol–water partition coefficient (Wildman–Crippen LogP) is 4.81. The molecule has 5 aliphatic rings. The van der Waals surface area contributed by atoms with E-state index in [4.69, 9.17) is 19.4 Å². The van der Waals surface area contributed by atoms with Crippen molar-refractivity contribution in [3.63, 3.8) is 0 Å². The quantitative estimate of drug-likeness (QED) is 0.344. The van der Waals surface area contributed by atoms with Crippen molar-refractivity contribution in [1.82, 2.24) is 0 Å². The Labute approximate surface area is 219 Å². The summed E-state index contributed by atoms with van der Waals surface area (Å²) in [6.07, 6.45) is 12.3. The summed E-state index contributed by atoms with van der Waals surface area (Å²) in [6, 6.07) is 5.97. The van der Waals surface area contributed by atoms with Gasteiger partial charge in [0.15, 0.2) is 11.5 Å². The van der Waals surface area contributed by atoms with E-state index in [1.165, 1.54) is 43.5 Å². The molecular weight excluding hydrogens is 470 g/mol. The fraction of sp³-hybridized carbons (Fsp3) is 0.700. The molecule has 2 saturated heterocycles. The van der Waals surface area contributed by atoms with Crippen LogP contribution in [0.15, 0.2) is 36.4 Å². The molecule has 0 amide bonds. The van der Waals surface area contributed by atoms with E-state index in [-0.39, 0.29) is 29.3 Å². The van der Waals surface area contributed by atoms with Crippen molar-refractivity contribution in [3.8, 4) is 0 Å². The van der Waals surface area contributed by atoms with Crippen molar-refractivity contribution in [1.29, 1.82) is 0 Å². The van der Waals surface area contributed by atoms with Gasteiger partial charge in [0.1, 0.15) is 6.10 Å². The van der Waals surface area contributed by atoms with Crippen LogP contribution in [0, 0.1) is 46.1 Å². The number of allylic oxidation sites excluding steroid dienone is 1. The number of nitrogens with one attached hydrogen (secondary N) is 1. The first-order valence-corrected chi connectivity index (χ1v) is 14.2. The normalized spacial score (nSPS) is 45.5. The number of benzene rings is 1. The van der Waals surface area contributed by atoms with E-state index in [0.29, 0.717) is 41.1 Å². The van der Waals surface area contributed by atoms with Gasteiger partial charge in [0, 0.05) is 30.4 Å². The minimum atomic E-state index is -1.00. The molecule has 0 aromatic heterocycles. The number of carbonyl (C=O) groups is 1. The summed E-state index contributed by atoms with van der Waals surface area (Å²) < 4.78 is 19.3. The standard InChI is InChI=1S/C30H41NO6/c1-18-12-15-30(35-17-18)19(2)24-10-11-26-25(27(24)37-30)9-6-21-16-23(13-14-29(21,26)3)36-28(32)20-4-7-22(8-5-20)31(33)34/h4-9,18-19,21,23-27,31,33H,10-17H2,1-3H3. The van der Waals surface area contributed by atoms with Crippen LogP contribution >= 0.6 is 0 Å². The number of fused-ring (bicyclic) bond motifs is 5. The van der Waals surface area contributed by atoms with Crippen LogP contribution in [0.4, 0.5) is 5.69 Å². The van der Waals surface area contributed by atoms with Crippen molar-refractivity contribution in [2.45, 2.75) is 83.7 Å². The van der Waals surface area contributed by atoms with Gasteiger partial charge in [-0.05, 0) is 79.7 Å². The third-order valence-electron chi connectivity index (χ3n) is 10.8. The molecule has 37 heavy (non-hydrogen) atoms. The average molecular weight is 512 g/mol. The van der Waals surface area contributed by atoms with E-state index >= 15 is 0 Å². The van der Waals surface area contributed by atoms with E-state index in [2.05, 4.69) is 32.9 Å². The second-order valence-corrected chi connectivity index (χ2v) is 12.7. The van der Waals surface area contributed by atoms with Gasteiger partial charge in [-0.1, -0.05) is 32.9 Å². The van der Waals surface area contributed by atoms with Crippen LogP contribution in [0.2, 0.25) is 0 Å². The Balaban J connectivity index is 1.14. The zero-order chi connectivity index (χ0) is 25.9. The van der Waals surface area contributed by atoms with Crippen LogP contribution in [0.1, 0.15) is 76.1 Å². The Morgan fingerprint density at radius 2 is 1.89 bits per heavy atom. The highest BCUT2D eigenvalue weighted by Gasteiger charge is 2.61. The lowest BCUT2D eigenvalue weighted by molar-refractivity contribution is -0.991. The zero-order valence-corrected chi connectivity index (χ0v) is 22.2.